The quantitative estimate of drug-likeness (QED) is 0.819. The van der Waals surface area contributed by atoms with Crippen LogP contribution < -0.4 is 5.32 Å². The number of hydrogen-bond acceptors (Lipinski definition) is 4. The van der Waals surface area contributed by atoms with Gasteiger partial charge in [0.15, 0.2) is 0 Å². The van der Waals surface area contributed by atoms with Gasteiger partial charge in [0, 0.05) is 24.8 Å². The summed E-state index contributed by atoms with van der Waals surface area (Å²) in [6, 6.07) is 1.54. The van der Waals surface area contributed by atoms with Crippen molar-refractivity contribution in [2.24, 2.45) is 5.92 Å². The molecule has 92 valence electrons. The van der Waals surface area contributed by atoms with Crippen LogP contribution in [0.4, 0.5) is 0 Å². The fourth-order valence-corrected chi connectivity index (χ4v) is 1.93. The number of hydrogen-bond donors (Lipinski definition) is 2. The molecule has 0 bridgehead atoms. The van der Waals surface area contributed by atoms with Crippen LogP contribution in [-0.2, 0) is 4.74 Å². The Morgan fingerprint density at radius 3 is 3.18 bits per heavy atom. The van der Waals surface area contributed by atoms with Crippen molar-refractivity contribution in [1.82, 2.24) is 10.3 Å². The van der Waals surface area contributed by atoms with Gasteiger partial charge in [-0.2, -0.15) is 0 Å². The Bertz CT molecular complexity index is 402. The highest BCUT2D eigenvalue weighted by molar-refractivity contribution is 5.96. The molecule has 5 heteroatoms. The lowest BCUT2D eigenvalue weighted by molar-refractivity contribution is 0.0919. The largest absolute Gasteiger partial charge is 0.505 e. The minimum absolute atomic E-state index is 0.0394. The molecule has 1 fully saturated rings. The van der Waals surface area contributed by atoms with Crippen molar-refractivity contribution >= 4 is 5.91 Å². The number of ether oxygens (including phenoxy) is 1. The van der Waals surface area contributed by atoms with Crippen LogP contribution in [0.5, 0.6) is 5.75 Å². The summed E-state index contributed by atoms with van der Waals surface area (Å²) in [7, 11) is 0. The van der Waals surface area contributed by atoms with E-state index in [-0.39, 0.29) is 23.3 Å². The molecule has 2 unspecified atom stereocenters. The molecule has 0 radical (unpaired) electrons. The first-order valence-corrected chi connectivity index (χ1v) is 5.70. The highest BCUT2D eigenvalue weighted by Gasteiger charge is 2.24. The second-order valence-corrected chi connectivity index (χ2v) is 4.28. The van der Waals surface area contributed by atoms with Crippen molar-refractivity contribution in [1.29, 1.82) is 0 Å². The topological polar surface area (TPSA) is 71.5 Å². The number of rotatable bonds is 3. The lowest BCUT2D eigenvalue weighted by atomic mass is 10.0. The van der Waals surface area contributed by atoms with Gasteiger partial charge < -0.3 is 15.2 Å². The molecular weight excluding hydrogens is 220 g/mol. The Balaban J connectivity index is 1.99. The minimum atomic E-state index is -0.274. The van der Waals surface area contributed by atoms with Gasteiger partial charge in [0.1, 0.15) is 5.75 Å². The van der Waals surface area contributed by atoms with Crippen LogP contribution in [0.25, 0.3) is 0 Å². The van der Waals surface area contributed by atoms with Gasteiger partial charge in [-0.15, -0.1) is 0 Å². The number of carbonyl (C=O) groups is 1. The van der Waals surface area contributed by atoms with Crippen molar-refractivity contribution in [3.05, 3.63) is 24.0 Å². The Kier molecular flexibility index (Phi) is 3.58. The highest BCUT2D eigenvalue weighted by Crippen LogP contribution is 2.18. The molecule has 1 amide bonds. The van der Waals surface area contributed by atoms with Crippen molar-refractivity contribution in [3.8, 4) is 5.75 Å². The van der Waals surface area contributed by atoms with Gasteiger partial charge in [-0.3, -0.25) is 9.78 Å². The zero-order chi connectivity index (χ0) is 12.3. The maximum Gasteiger partial charge on any atom is 0.255 e. The molecule has 17 heavy (non-hydrogen) atoms. The molecule has 1 aliphatic rings. The molecule has 1 saturated heterocycles. The van der Waals surface area contributed by atoms with E-state index >= 15 is 0 Å². The van der Waals surface area contributed by atoms with Gasteiger partial charge >= 0.3 is 0 Å². The van der Waals surface area contributed by atoms with E-state index in [1.54, 1.807) is 0 Å². The lowest BCUT2D eigenvalue weighted by Gasteiger charge is -2.19. The number of aromatic nitrogens is 1. The summed E-state index contributed by atoms with van der Waals surface area (Å²) in [4.78, 5) is 15.6. The normalized spacial score (nSPS) is 21.1. The van der Waals surface area contributed by atoms with Crippen LogP contribution in [0.3, 0.4) is 0 Å². The predicted octanol–water partition coefficient (Wildman–Crippen LogP) is 0.942. The summed E-state index contributed by atoms with van der Waals surface area (Å²) >= 11 is 0. The van der Waals surface area contributed by atoms with Crippen LogP contribution in [0, 0.1) is 5.92 Å². The molecule has 0 aromatic carbocycles. The van der Waals surface area contributed by atoms with Crippen LogP contribution in [0.2, 0.25) is 0 Å². The molecule has 1 aliphatic heterocycles. The summed E-state index contributed by atoms with van der Waals surface area (Å²) < 4.78 is 5.28. The van der Waals surface area contributed by atoms with Crippen LogP contribution in [-0.4, -0.2) is 35.3 Å². The summed E-state index contributed by atoms with van der Waals surface area (Å²) in [5, 5.41) is 12.4. The molecule has 5 nitrogen and oxygen atoms in total. The van der Waals surface area contributed by atoms with Gasteiger partial charge in [-0.05, 0) is 19.4 Å². The number of amides is 1. The van der Waals surface area contributed by atoms with E-state index in [2.05, 4.69) is 10.3 Å². The van der Waals surface area contributed by atoms with E-state index in [1.807, 2.05) is 6.92 Å². The molecule has 0 aliphatic carbocycles. The van der Waals surface area contributed by atoms with Gasteiger partial charge in [-0.1, -0.05) is 0 Å². The van der Waals surface area contributed by atoms with E-state index in [0.717, 1.165) is 13.0 Å². The number of pyridine rings is 1. The number of carbonyl (C=O) groups excluding carboxylic acids is 1. The predicted molar refractivity (Wildman–Crippen MR) is 61.8 cm³/mol. The second kappa shape index (κ2) is 5.14. The minimum Gasteiger partial charge on any atom is -0.505 e. The molecule has 0 spiro atoms. The maximum atomic E-state index is 11.9. The molecule has 2 atom stereocenters. The Morgan fingerprint density at radius 1 is 1.71 bits per heavy atom. The molecular formula is C12H16N2O3. The standard InChI is InChI=1S/C12H16N2O3/c1-8(9-3-5-17-7-9)14-12(16)10-2-4-13-6-11(10)15/h2,4,6,8-9,15H,3,5,7H2,1H3,(H,14,16). The Labute approximate surface area is 99.8 Å². The molecule has 1 aromatic rings. The average molecular weight is 236 g/mol. The first-order valence-electron chi connectivity index (χ1n) is 5.70. The summed E-state index contributed by atoms with van der Waals surface area (Å²) in [5.41, 5.74) is 0.255. The lowest BCUT2D eigenvalue weighted by Crippen LogP contribution is -2.38. The van der Waals surface area contributed by atoms with Crippen molar-refractivity contribution in [2.45, 2.75) is 19.4 Å². The summed E-state index contributed by atoms with van der Waals surface area (Å²) in [6.07, 6.45) is 3.71. The monoisotopic (exact) mass is 236 g/mol. The molecule has 2 rings (SSSR count). The van der Waals surface area contributed by atoms with E-state index in [9.17, 15) is 9.90 Å². The van der Waals surface area contributed by atoms with Crippen molar-refractivity contribution in [2.75, 3.05) is 13.2 Å². The summed E-state index contributed by atoms with van der Waals surface area (Å²) in [6.45, 7) is 3.39. The van der Waals surface area contributed by atoms with Crippen molar-refractivity contribution in [3.63, 3.8) is 0 Å². The third-order valence-electron chi connectivity index (χ3n) is 3.08. The van der Waals surface area contributed by atoms with Crippen LogP contribution >= 0.6 is 0 Å². The van der Waals surface area contributed by atoms with Gasteiger partial charge in [0.25, 0.3) is 5.91 Å². The van der Waals surface area contributed by atoms with Gasteiger partial charge in [-0.25, -0.2) is 0 Å². The maximum absolute atomic E-state index is 11.9. The first kappa shape index (κ1) is 11.9. The van der Waals surface area contributed by atoms with Crippen LogP contribution in [0.1, 0.15) is 23.7 Å². The third kappa shape index (κ3) is 2.74. The molecule has 2 N–H and O–H groups in total. The second-order valence-electron chi connectivity index (χ2n) is 4.28. The zero-order valence-corrected chi connectivity index (χ0v) is 9.72. The van der Waals surface area contributed by atoms with E-state index in [4.69, 9.17) is 4.74 Å². The molecule has 1 aromatic heterocycles. The van der Waals surface area contributed by atoms with Crippen molar-refractivity contribution < 1.29 is 14.6 Å². The molecule has 0 saturated carbocycles. The van der Waals surface area contributed by atoms with E-state index in [1.165, 1.54) is 18.5 Å². The number of nitrogens with one attached hydrogen (secondary N) is 1. The Morgan fingerprint density at radius 2 is 2.53 bits per heavy atom. The van der Waals surface area contributed by atoms with Gasteiger partial charge in [0.05, 0.1) is 18.4 Å². The average Bonchev–Trinajstić information content (AvgIpc) is 2.82. The van der Waals surface area contributed by atoms with Crippen LogP contribution in [0.15, 0.2) is 18.5 Å². The fourth-order valence-electron chi connectivity index (χ4n) is 1.93. The zero-order valence-electron chi connectivity index (χ0n) is 9.72. The Hall–Kier alpha value is -1.62. The van der Waals surface area contributed by atoms with Gasteiger partial charge in [0.2, 0.25) is 0 Å². The third-order valence-corrected chi connectivity index (χ3v) is 3.08. The fraction of sp³-hybridized carbons (Fsp3) is 0.500. The van der Waals surface area contributed by atoms with E-state index in [0.29, 0.717) is 12.5 Å². The first-order chi connectivity index (χ1) is 8.18. The summed E-state index contributed by atoms with van der Waals surface area (Å²) in [5.74, 6) is -0.0212. The SMILES string of the molecule is CC(NC(=O)c1ccncc1O)C1CCOC1. The highest BCUT2D eigenvalue weighted by atomic mass is 16.5. The number of aromatic hydroxyl groups is 1. The number of nitrogens with zero attached hydrogens (tertiary/aromatic N) is 1. The van der Waals surface area contributed by atoms with E-state index < -0.39 is 0 Å². The smallest absolute Gasteiger partial charge is 0.255 e. The molecule has 2 heterocycles.